The third kappa shape index (κ3) is 3.73. The Hall–Kier alpha value is -0.610. The zero-order valence-corrected chi connectivity index (χ0v) is 12.9. The fraction of sp³-hybridized carbons (Fsp3) is 0.938. The largest absolute Gasteiger partial charge is 0.481 e. The van der Waals surface area contributed by atoms with Crippen LogP contribution in [0.1, 0.15) is 45.4 Å². The van der Waals surface area contributed by atoms with E-state index >= 15 is 0 Å². The summed E-state index contributed by atoms with van der Waals surface area (Å²) >= 11 is 0. The molecule has 0 aromatic heterocycles. The molecule has 1 saturated carbocycles. The molecule has 2 aliphatic rings. The maximum absolute atomic E-state index is 11.9. The van der Waals surface area contributed by atoms with Crippen molar-refractivity contribution in [1.29, 1.82) is 0 Å². The lowest BCUT2D eigenvalue weighted by atomic mass is 9.69. The quantitative estimate of drug-likeness (QED) is 0.842. The van der Waals surface area contributed by atoms with E-state index in [4.69, 9.17) is 4.74 Å². The first-order chi connectivity index (χ1) is 9.55. The molecule has 4 nitrogen and oxygen atoms in total. The minimum Gasteiger partial charge on any atom is -0.481 e. The summed E-state index contributed by atoms with van der Waals surface area (Å²) < 4.78 is 5.27. The standard InChI is InChI=1S/C16H29NO3/c1-13-5-3-7-16(9-13,15(18)19)12-17-8-4-6-14(10-17)11-20-2/h13-14H,3-12H2,1-2H3,(H,18,19). The Morgan fingerprint density at radius 1 is 1.40 bits per heavy atom. The van der Waals surface area contributed by atoms with Gasteiger partial charge in [-0.25, -0.2) is 0 Å². The highest BCUT2D eigenvalue weighted by atomic mass is 16.5. The molecule has 2 fully saturated rings. The molecule has 2 rings (SSSR count). The van der Waals surface area contributed by atoms with Gasteiger partial charge in [-0.1, -0.05) is 19.8 Å². The highest BCUT2D eigenvalue weighted by Gasteiger charge is 2.43. The summed E-state index contributed by atoms with van der Waals surface area (Å²) in [5.41, 5.74) is -0.507. The molecule has 0 aromatic rings. The number of carboxylic acid groups (broad SMARTS) is 1. The number of carboxylic acids is 1. The zero-order valence-electron chi connectivity index (χ0n) is 12.9. The molecule has 0 amide bonds. The van der Waals surface area contributed by atoms with E-state index in [0.29, 0.717) is 11.8 Å². The van der Waals surface area contributed by atoms with Crippen molar-refractivity contribution < 1.29 is 14.6 Å². The Bertz CT molecular complexity index is 332. The van der Waals surface area contributed by atoms with Gasteiger partial charge in [-0.3, -0.25) is 4.79 Å². The van der Waals surface area contributed by atoms with E-state index in [1.165, 1.54) is 19.3 Å². The molecule has 1 saturated heterocycles. The molecule has 20 heavy (non-hydrogen) atoms. The smallest absolute Gasteiger partial charge is 0.310 e. The number of nitrogens with zero attached hydrogens (tertiary/aromatic N) is 1. The first-order valence-corrected chi connectivity index (χ1v) is 8.00. The molecule has 4 heteroatoms. The van der Waals surface area contributed by atoms with Crippen LogP contribution in [-0.4, -0.2) is 49.3 Å². The van der Waals surface area contributed by atoms with Gasteiger partial charge in [0.05, 0.1) is 12.0 Å². The molecule has 1 N–H and O–H groups in total. The van der Waals surface area contributed by atoms with Gasteiger partial charge in [0, 0.05) is 20.2 Å². The van der Waals surface area contributed by atoms with E-state index in [9.17, 15) is 9.90 Å². The van der Waals surface area contributed by atoms with Crippen LogP contribution in [0.2, 0.25) is 0 Å². The molecule has 0 radical (unpaired) electrons. The molecular formula is C16H29NO3. The van der Waals surface area contributed by atoms with Gasteiger partial charge < -0.3 is 14.7 Å². The van der Waals surface area contributed by atoms with Gasteiger partial charge in [0.25, 0.3) is 0 Å². The first-order valence-electron chi connectivity index (χ1n) is 8.00. The number of carbonyl (C=O) groups is 1. The van der Waals surface area contributed by atoms with E-state index < -0.39 is 11.4 Å². The molecule has 1 aliphatic heterocycles. The van der Waals surface area contributed by atoms with Crippen LogP contribution in [0.3, 0.4) is 0 Å². The second kappa shape index (κ2) is 6.90. The van der Waals surface area contributed by atoms with Crippen molar-refractivity contribution >= 4 is 5.97 Å². The molecule has 116 valence electrons. The Morgan fingerprint density at radius 2 is 2.20 bits per heavy atom. The lowest BCUT2D eigenvalue weighted by molar-refractivity contribution is -0.154. The summed E-state index contributed by atoms with van der Waals surface area (Å²) in [4.78, 5) is 14.2. The minimum absolute atomic E-state index is 0.507. The average Bonchev–Trinajstić information content (AvgIpc) is 2.39. The second-order valence-electron chi connectivity index (χ2n) is 6.99. The zero-order chi connectivity index (χ0) is 14.6. The molecule has 3 unspecified atom stereocenters. The summed E-state index contributed by atoms with van der Waals surface area (Å²) in [6.45, 7) is 5.77. The number of ether oxygens (including phenoxy) is 1. The van der Waals surface area contributed by atoms with Gasteiger partial charge in [-0.05, 0) is 44.1 Å². The summed E-state index contributed by atoms with van der Waals surface area (Å²) in [6, 6.07) is 0. The third-order valence-electron chi connectivity index (χ3n) is 5.08. The van der Waals surface area contributed by atoms with Crippen molar-refractivity contribution in [2.24, 2.45) is 17.3 Å². The van der Waals surface area contributed by atoms with Crippen molar-refractivity contribution in [2.75, 3.05) is 33.4 Å². The maximum atomic E-state index is 11.9. The fourth-order valence-electron chi connectivity index (χ4n) is 4.16. The third-order valence-corrected chi connectivity index (χ3v) is 5.08. The molecular weight excluding hydrogens is 254 g/mol. The number of hydrogen-bond donors (Lipinski definition) is 1. The van der Waals surface area contributed by atoms with Crippen molar-refractivity contribution in [3.8, 4) is 0 Å². The SMILES string of the molecule is COCC1CCCN(CC2(C(=O)O)CCCC(C)C2)C1. The van der Waals surface area contributed by atoms with Crippen LogP contribution < -0.4 is 0 Å². The number of piperidine rings is 1. The van der Waals surface area contributed by atoms with Gasteiger partial charge >= 0.3 is 5.97 Å². The molecule has 3 atom stereocenters. The summed E-state index contributed by atoms with van der Waals surface area (Å²) in [5, 5.41) is 9.76. The Labute approximate surface area is 122 Å². The van der Waals surface area contributed by atoms with E-state index in [0.717, 1.165) is 45.5 Å². The number of methoxy groups -OCH3 is 1. The van der Waals surface area contributed by atoms with Crippen LogP contribution >= 0.6 is 0 Å². The molecule has 1 aliphatic carbocycles. The van der Waals surface area contributed by atoms with Crippen LogP contribution in [0.25, 0.3) is 0 Å². The highest BCUT2D eigenvalue weighted by Crippen LogP contribution is 2.40. The van der Waals surface area contributed by atoms with E-state index in [2.05, 4.69) is 11.8 Å². The predicted molar refractivity (Wildman–Crippen MR) is 78.7 cm³/mol. The van der Waals surface area contributed by atoms with Crippen molar-refractivity contribution in [3.63, 3.8) is 0 Å². The van der Waals surface area contributed by atoms with Crippen LogP contribution in [0.4, 0.5) is 0 Å². The summed E-state index contributed by atoms with van der Waals surface area (Å²) in [5.74, 6) is 0.526. The Morgan fingerprint density at radius 3 is 2.85 bits per heavy atom. The average molecular weight is 283 g/mol. The monoisotopic (exact) mass is 283 g/mol. The fourth-order valence-corrected chi connectivity index (χ4v) is 4.16. The second-order valence-corrected chi connectivity index (χ2v) is 6.99. The molecule has 0 aromatic carbocycles. The number of likely N-dealkylation sites (tertiary alicyclic amines) is 1. The number of aliphatic carboxylic acids is 1. The van der Waals surface area contributed by atoms with Gasteiger partial charge in [0.1, 0.15) is 0 Å². The van der Waals surface area contributed by atoms with Gasteiger partial charge in [0.15, 0.2) is 0 Å². The number of hydrogen-bond acceptors (Lipinski definition) is 3. The van der Waals surface area contributed by atoms with Crippen LogP contribution in [-0.2, 0) is 9.53 Å². The minimum atomic E-state index is -0.585. The molecule has 0 bridgehead atoms. The molecule has 1 heterocycles. The van der Waals surface area contributed by atoms with E-state index in [1.54, 1.807) is 7.11 Å². The van der Waals surface area contributed by atoms with E-state index in [-0.39, 0.29) is 0 Å². The summed E-state index contributed by atoms with van der Waals surface area (Å²) in [6.07, 6.45) is 6.30. The van der Waals surface area contributed by atoms with Crippen molar-refractivity contribution in [1.82, 2.24) is 4.90 Å². The topological polar surface area (TPSA) is 49.8 Å². The lowest BCUT2D eigenvalue weighted by Crippen LogP contribution is -2.49. The van der Waals surface area contributed by atoms with Crippen LogP contribution in [0, 0.1) is 17.3 Å². The van der Waals surface area contributed by atoms with Gasteiger partial charge in [0.2, 0.25) is 0 Å². The molecule has 0 spiro atoms. The Balaban J connectivity index is 1.99. The van der Waals surface area contributed by atoms with E-state index in [1.807, 2.05) is 0 Å². The maximum Gasteiger partial charge on any atom is 0.310 e. The predicted octanol–water partition coefficient (Wildman–Crippen LogP) is 2.63. The summed E-state index contributed by atoms with van der Waals surface area (Å²) in [7, 11) is 1.75. The highest BCUT2D eigenvalue weighted by molar-refractivity contribution is 5.75. The van der Waals surface area contributed by atoms with Gasteiger partial charge in [-0.2, -0.15) is 0 Å². The Kier molecular flexibility index (Phi) is 5.44. The van der Waals surface area contributed by atoms with Crippen LogP contribution in [0.15, 0.2) is 0 Å². The van der Waals surface area contributed by atoms with Gasteiger partial charge in [-0.15, -0.1) is 0 Å². The van der Waals surface area contributed by atoms with Crippen LogP contribution in [0.5, 0.6) is 0 Å². The lowest BCUT2D eigenvalue weighted by Gasteiger charge is -2.42. The van der Waals surface area contributed by atoms with Crippen molar-refractivity contribution in [2.45, 2.75) is 45.4 Å². The van der Waals surface area contributed by atoms with Crippen molar-refractivity contribution in [3.05, 3.63) is 0 Å². The number of rotatable bonds is 5. The first kappa shape index (κ1) is 15.8. The normalized spacial score (nSPS) is 35.9.